The SMILES string of the molecule is Cc1ccc(NCc2ccc(CC(C)C)cc2)cc1Cl. The molecule has 0 saturated heterocycles. The van der Waals surface area contributed by atoms with E-state index in [4.69, 9.17) is 11.6 Å². The minimum atomic E-state index is 0.702. The lowest BCUT2D eigenvalue weighted by Gasteiger charge is -2.09. The Kier molecular flexibility index (Phi) is 5.08. The molecule has 0 atom stereocenters. The summed E-state index contributed by atoms with van der Waals surface area (Å²) in [5, 5.41) is 4.21. The van der Waals surface area contributed by atoms with Crippen LogP contribution in [0.4, 0.5) is 5.69 Å². The van der Waals surface area contributed by atoms with E-state index in [-0.39, 0.29) is 0 Å². The minimum Gasteiger partial charge on any atom is -0.381 e. The van der Waals surface area contributed by atoms with Crippen molar-refractivity contribution in [3.8, 4) is 0 Å². The van der Waals surface area contributed by atoms with Crippen LogP contribution in [0.1, 0.15) is 30.5 Å². The van der Waals surface area contributed by atoms with Crippen LogP contribution in [0, 0.1) is 12.8 Å². The fourth-order valence-corrected chi connectivity index (χ4v) is 2.35. The van der Waals surface area contributed by atoms with E-state index in [0.29, 0.717) is 5.92 Å². The van der Waals surface area contributed by atoms with Crippen LogP contribution in [-0.2, 0) is 13.0 Å². The van der Waals surface area contributed by atoms with Gasteiger partial charge in [0.25, 0.3) is 0 Å². The maximum absolute atomic E-state index is 6.12. The quantitative estimate of drug-likeness (QED) is 0.770. The lowest BCUT2D eigenvalue weighted by Crippen LogP contribution is -2.00. The van der Waals surface area contributed by atoms with Crippen LogP contribution < -0.4 is 5.32 Å². The molecule has 0 aliphatic heterocycles. The summed E-state index contributed by atoms with van der Waals surface area (Å²) < 4.78 is 0. The van der Waals surface area contributed by atoms with E-state index in [9.17, 15) is 0 Å². The van der Waals surface area contributed by atoms with Gasteiger partial charge in [-0.3, -0.25) is 0 Å². The van der Waals surface area contributed by atoms with Gasteiger partial charge in [0, 0.05) is 17.3 Å². The average molecular weight is 288 g/mol. The molecule has 0 aromatic heterocycles. The van der Waals surface area contributed by atoms with Gasteiger partial charge in [-0.25, -0.2) is 0 Å². The zero-order chi connectivity index (χ0) is 14.5. The van der Waals surface area contributed by atoms with Crippen LogP contribution in [0.5, 0.6) is 0 Å². The Balaban J connectivity index is 1.95. The normalized spacial score (nSPS) is 10.8. The van der Waals surface area contributed by atoms with Gasteiger partial charge in [-0.1, -0.05) is 55.8 Å². The zero-order valence-corrected chi connectivity index (χ0v) is 13.2. The van der Waals surface area contributed by atoms with Gasteiger partial charge in [0.15, 0.2) is 0 Å². The number of nitrogens with one attached hydrogen (secondary N) is 1. The van der Waals surface area contributed by atoms with E-state index >= 15 is 0 Å². The van der Waals surface area contributed by atoms with Crippen molar-refractivity contribution in [2.45, 2.75) is 33.7 Å². The van der Waals surface area contributed by atoms with E-state index in [0.717, 1.165) is 29.2 Å². The monoisotopic (exact) mass is 287 g/mol. The van der Waals surface area contributed by atoms with Crippen LogP contribution in [-0.4, -0.2) is 0 Å². The molecule has 0 amide bonds. The number of benzene rings is 2. The van der Waals surface area contributed by atoms with E-state index < -0.39 is 0 Å². The zero-order valence-electron chi connectivity index (χ0n) is 12.4. The highest BCUT2D eigenvalue weighted by molar-refractivity contribution is 6.31. The fraction of sp³-hybridized carbons (Fsp3) is 0.333. The molecule has 0 aliphatic carbocycles. The second-order valence-corrected chi connectivity index (χ2v) is 6.14. The van der Waals surface area contributed by atoms with Crippen molar-refractivity contribution in [2.24, 2.45) is 5.92 Å². The molecular formula is C18H22ClN. The predicted octanol–water partition coefficient (Wildman–Crippen LogP) is 5.46. The second kappa shape index (κ2) is 6.81. The molecule has 2 aromatic carbocycles. The standard InChI is InChI=1S/C18H22ClN/c1-13(2)10-15-5-7-16(8-6-15)12-20-17-9-4-14(3)18(19)11-17/h4-9,11,13,20H,10,12H2,1-3H3. The molecule has 0 saturated carbocycles. The summed E-state index contributed by atoms with van der Waals surface area (Å²) in [7, 11) is 0. The van der Waals surface area contributed by atoms with Crippen molar-refractivity contribution in [1.29, 1.82) is 0 Å². The molecule has 20 heavy (non-hydrogen) atoms. The topological polar surface area (TPSA) is 12.0 Å². The number of halogens is 1. The van der Waals surface area contributed by atoms with E-state index in [1.807, 2.05) is 19.1 Å². The molecular weight excluding hydrogens is 266 g/mol. The van der Waals surface area contributed by atoms with Crippen LogP contribution in [0.3, 0.4) is 0 Å². The highest BCUT2D eigenvalue weighted by atomic mass is 35.5. The molecule has 2 heteroatoms. The van der Waals surface area contributed by atoms with Crippen molar-refractivity contribution < 1.29 is 0 Å². The number of anilines is 1. The Bertz CT molecular complexity index is 558. The minimum absolute atomic E-state index is 0.702. The lowest BCUT2D eigenvalue weighted by atomic mass is 10.0. The third kappa shape index (κ3) is 4.28. The summed E-state index contributed by atoms with van der Waals surface area (Å²) in [4.78, 5) is 0. The first-order chi connectivity index (χ1) is 9.54. The molecule has 0 heterocycles. The van der Waals surface area contributed by atoms with Crippen molar-refractivity contribution in [3.05, 3.63) is 64.2 Å². The summed E-state index contributed by atoms with van der Waals surface area (Å²) in [5.41, 5.74) is 4.86. The Labute approximate surface area is 127 Å². The first-order valence-corrected chi connectivity index (χ1v) is 7.50. The van der Waals surface area contributed by atoms with Gasteiger partial charge in [-0.2, -0.15) is 0 Å². The van der Waals surface area contributed by atoms with Gasteiger partial charge in [-0.15, -0.1) is 0 Å². The molecule has 0 unspecified atom stereocenters. The fourth-order valence-electron chi connectivity index (χ4n) is 2.17. The van der Waals surface area contributed by atoms with E-state index in [1.165, 1.54) is 11.1 Å². The van der Waals surface area contributed by atoms with Gasteiger partial charge in [0.05, 0.1) is 0 Å². The van der Waals surface area contributed by atoms with Crippen molar-refractivity contribution in [2.75, 3.05) is 5.32 Å². The van der Waals surface area contributed by atoms with Gasteiger partial charge in [-0.05, 0) is 48.1 Å². The number of aryl methyl sites for hydroxylation is 1. The maximum atomic E-state index is 6.12. The summed E-state index contributed by atoms with van der Waals surface area (Å²) in [6.07, 6.45) is 1.14. The molecule has 0 aliphatic rings. The Morgan fingerprint density at radius 3 is 2.25 bits per heavy atom. The Morgan fingerprint density at radius 2 is 1.65 bits per heavy atom. The summed E-state index contributed by atoms with van der Waals surface area (Å²) in [6.45, 7) is 7.33. The number of rotatable bonds is 5. The van der Waals surface area contributed by atoms with Crippen molar-refractivity contribution in [3.63, 3.8) is 0 Å². The summed E-state index contributed by atoms with van der Waals surface area (Å²) in [5.74, 6) is 0.702. The third-order valence-electron chi connectivity index (χ3n) is 3.34. The first-order valence-electron chi connectivity index (χ1n) is 7.12. The van der Waals surface area contributed by atoms with E-state index in [2.05, 4.69) is 49.5 Å². The highest BCUT2D eigenvalue weighted by Crippen LogP contribution is 2.20. The second-order valence-electron chi connectivity index (χ2n) is 5.73. The molecule has 2 aromatic rings. The van der Waals surface area contributed by atoms with Crippen LogP contribution in [0.15, 0.2) is 42.5 Å². The molecule has 1 nitrogen and oxygen atoms in total. The third-order valence-corrected chi connectivity index (χ3v) is 3.74. The average Bonchev–Trinajstić information content (AvgIpc) is 2.41. The molecule has 0 radical (unpaired) electrons. The Morgan fingerprint density at radius 1 is 1.00 bits per heavy atom. The molecule has 106 valence electrons. The van der Waals surface area contributed by atoms with Gasteiger partial charge >= 0.3 is 0 Å². The molecule has 1 N–H and O–H groups in total. The molecule has 0 fully saturated rings. The summed E-state index contributed by atoms with van der Waals surface area (Å²) >= 11 is 6.12. The maximum Gasteiger partial charge on any atom is 0.0455 e. The van der Waals surface area contributed by atoms with Crippen LogP contribution in [0.2, 0.25) is 5.02 Å². The van der Waals surface area contributed by atoms with Gasteiger partial charge in [0.2, 0.25) is 0 Å². The van der Waals surface area contributed by atoms with Crippen LogP contribution >= 0.6 is 11.6 Å². The largest absolute Gasteiger partial charge is 0.381 e. The predicted molar refractivity (Wildman–Crippen MR) is 88.5 cm³/mol. The van der Waals surface area contributed by atoms with Gasteiger partial charge < -0.3 is 5.32 Å². The number of hydrogen-bond donors (Lipinski definition) is 1. The lowest BCUT2D eigenvalue weighted by molar-refractivity contribution is 0.647. The smallest absolute Gasteiger partial charge is 0.0455 e. The van der Waals surface area contributed by atoms with E-state index in [1.54, 1.807) is 0 Å². The molecule has 0 bridgehead atoms. The molecule has 2 rings (SSSR count). The van der Waals surface area contributed by atoms with Crippen molar-refractivity contribution >= 4 is 17.3 Å². The van der Waals surface area contributed by atoms with Crippen molar-refractivity contribution in [1.82, 2.24) is 0 Å². The van der Waals surface area contributed by atoms with Crippen LogP contribution in [0.25, 0.3) is 0 Å². The number of hydrogen-bond acceptors (Lipinski definition) is 1. The highest BCUT2D eigenvalue weighted by Gasteiger charge is 2.00. The Hall–Kier alpha value is -1.47. The van der Waals surface area contributed by atoms with Gasteiger partial charge in [0.1, 0.15) is 0 Å². The molecule has 0 spiro atoms. The summed E-state index contributed by atoms with van der Waals surface area (Å²) in [6, 6.07) is 14.9. The first kappa shape index (κ1) is 14.9.